The molecule has 0 saturated heterocycles. The van der Waals surface area contributed by atoms with Crippen molar-refractivity contribution >= 4 is 0 Å². The Bertz CT molecular complexity index is 287. The second-order valence-electron chi connectivity index (χ2n) is 4.60. The van der Waals surface area contributed by atoms with Gasteiger partial charge in [0.25, 0.3) is 0 Å². The summed E-state index contributed by atoms with van der Waals surface area (Å²) in [4.78, 5) is 7.79. The van der Waals surface area contributed by atoms with Crippen molar-refractivity contribution in [1.29, 1.82) is 0 Å². The molecule has 1 heterocycles. The molecule has 15 heavy (non-hydrogen) atoms. The van der Waals surface area contributed by atoms with Crippen molar-refractivity contribution in [2.24, 2.45) is 11.7 Å². The lowest BCUT2D eigenvalue weighted by Crippen LogP contribution is -2.10. The topological polar surface area (TPSA) is 54.7 Å². The van der Waals surface area contributed by atoms with E-state index in [1.807, 2.05) is 6.20 Å². The molecule has 3 nitrogen and oxygen atoms in total. The third kappa shape index (κ3) is 3.06. The first-order chi connectivity index (χ1) is 7.38. The van der Waals surface area contributed by atoms with Crippen LogP contribution >= 0.6 is 0 Å². The Labute approximate surface area is 91.5 Å². The summed E-state index contributed by atoms with van der Waals surface area (Å²) in [6.45, 7) is 0.699. The Morgan fingerprint density at radius 1 is 1.33 bits per heavy atom. The molecule has 3 heteroatoms. The van der Waals surface area contributed by atoms with Crippen molar-refractivity contribution in [1.82, 2.24) is 9.97 Å². The average molecular weight is 207 g/mol. The summed E-state index contributed by atoms with van der Waals surface area (Å²) in [6.07, 6.45) is 11.0. The fraction of sp³-hybridized carbons (Fsp3) is 0.750. The molecule has 0 bridgehead atoms. The SMILES string of the molecule is NCCc1cnc(CC2CCCCC2)[nH]1. The van der Waals surface area contributed by atoms with Crippen LogP contribution in [0.15, 0.2) is 6.20 Å². The molecule has 1 aromatic heterocycles. The lowest BCUT2D eigenvalue weighted by Gasteiger charge is -2.20. The van der Waals surface area contributed by atoms with Gasteiger partial charge >= 0.3 is 0 Å². The second-order valence-corrected chi connectivity index (χ2v) is 4.60. The van der Waals surface area contributed by atoms with Gasteiger partial charge in [0.2, 0.25) is 0 Å². The molecule has 0 amide bonds. The number of aromatic amines is 1. The van der Waals surface area contributed by atoms with E-state index >= 15 is 0 Å². The summed E-state index contributed by atoms with van der Waals surface area (Å²) in [5.74, 6) is 2.01. The average Bonchev–Trinajstić information content (AvgIpc) is 2.68. The molecule has 0 aliphatic heterocycles. The Morgan fingerprint density at radius 2 is 2.13 bits per heavy atom. The Hall–Kier alpha value is -0.830. The number of hydrogen-bond donors (Lipinski definition) is 2. The van der Waals surface area contributed by atoms with Crippen LogP contribution in [0.25, 0.3) is 0 Å². The molecule has 1 saturated carbocycles. The lowest BCUT2D eigenvalue weighted by atomic mass is 9.87. The van der Waals surface area contributed by atoms with Crippen molar-refractivity contribution in [3.63, 3.8) is 0 Å². The van der Waals surface area contributed by atoms with E-state index < -0.39 is 0 Å². The van der Waals surface area contributed by atoms with E-state index in [0.29, 0.717) is 6.54 Å². The molecule has 2 rings (SSSR count). The summed E-state index contributed by atoms with van der Waals surface area (Å²) in [6, 6.07) is 0. The van der Waals surface area contributed by atoms with E-state index in [1.54, 1.807) is 0 Å². The molecule has 0 unspecified atom stereocenters. The van der Waals surface area contributed by atoms with Gasteiger partial charge in [0.1, 0.15) is 5.82 Å². The van der Waals surface area contributed by atoms with E-state index in [4.69, 9.17) is 5.73 Å². The summed E-state index contributed by atoms with van der Waals surface area (Å²) in [5, 5.41) is 0. The van der Waals surface area contributed by atoms with E-state index in [0.717, 1.165) is 24.6 Å². The van der Waals surface area contributed by atoms with Crippen molar-refractivity contribution in [3.05, 3.63) is 17.7 Å². The molecule has 0 spiro atoms. The van der Waals surface area contributed by atoms with Gasteiger partial charge in [-0.2, -0.15) is 0 Å². The van der Waals surface area contributed by atoms with Gasteiger partial charge in [-0.1, -0.05) is 32.1 Å². The molecule has 1 aliphatic carbocycles. The molecule has 3 N–H and O–H groups in total. The first kappa shape index (κ1) is 10.7. The monoisotopic (exact) mass is 207 g/mol. The molecular weight excluding hydrogens is 186 g/mol. The summed E-state index contributed by atoms with van der Waals surface area (Å²) < 4.78 is 0. The third-order valence-electron chi connectivity index (χ3n) is 3.30. The minimum absolute atomic E-state index is 0.699. The van der Waals surface area contributed by atoms with E-state index in [-0.39, 0.29) is 0 Å². The zero-order valence-corrected chi connectivity index (χ0v) is 9.34. The molecule has 0 atom stereocenters. The highest BCUT2D eigenvalue weighted by Crippen LogP contribution is 2.25. The second kappa shape index (κ2) is 5.31. The third-order valence-corrected chi connectivity index (χ3v) is 3.30. The number of rotatable bonds is 4. The van der Waals surface area contributed by atoms with Gasteiger partial charge in [-0.05, 0) is 12.5 Å². The number of nitrogens with two attached hydrogens (primary N) is 1. The van der Waals surface area contributed by atoms with Crippen LogP contribution in [0.5, 0.6) is 0 Å². The van der Waals surface area contributed by atoms with Crippen LogP contribution in [0.4, 0.5) is 0 Å². The van der Waals surface area contributed by atoms with Gasteiger partial charge in [0, 0.05) is 24.7 Å². The van der Waals surface area contributed by atoms with Gasteiger partial charge in [0.05, 0.1) is 0 Å². The summed E-state index contributed by atoms with van der Waals surface area (Å²) in [7, 11) is 0. The molecule has 84 valence electrons. The van der Waals surface area contributed by atoms with E-state index in [9.17, 15) is 0 Å². The fourth-order valence-corrected chi connectivity index (χ4v) is 2.46. The van der Waals surface area contributed by atoms with Crippen LogP contribution in [0.3, 0.4) is 0 Å². The van der Waals surface area contributed by atoms with Crippen LogP contribution in [0, 0.1) is 5.92 Å². The number of imidazole rings is 1. The van der Waals surface area contributed by atoms with Crippen molar-refractivity contribution in [2.75, 3.05) is 6.54 Å². The number of nitrogens with zero attached hydrogens (tertiary/aromatic N) is 1. The highest BCUT2D eigenvalue weighted by Gasteiger charge is 2.15. The molecule has 0 radical (unpaired) electrons. The number of nitrogens with one attached hydrogen (secondary N) is 1. The Morgan fingerprint density at radius 3 is 2.87 bits per heavy atom. The van der Waals surface area contributed by atoms with Crippen LogP contribution < -0.4 is 5.73 Å². The minimum Gasteiger partial charge on any atom is -0.346 e. The molecule has 1 aromatic rings. The summed E-state index contributed by atoms with van der Waals surface area (Å²) in [5.41, 5.74) is 6.69. The van der Waals surface area contributed by atoms with E-state index in [1.165, 1.54) is 37.8 Å². The maximum Gasteiger partial charge on any atom is 0.106 e. The van der Waals surface area contributed by atoms with Gasteiger partial charge in [-0.3, -0.25) is 0 Å². The lowest BCUT2D eigenvalue weighted by molar-refractivity contribution is 0.352. The van der Waals surface area contributed by atoms with Crippen molar-refractivity contribution in [3.8, 4) is 0 Å². The maximum absolute atomic E-state index is 5.51. The Balaban J connectivity index is 1.86. The summed E-state index contributed by atoms with van der Waals surface area (Å²) >= 11 is 0. The number of H-pyrrole nitrogens is 1. The van der Waals surface area contributed by atoms with Gasteiger partial charge in [-0.15, -0.1) is 0 Å². The molecule has 0 aromatic carbocycles. The van der Waals surface area contributed by atoms with Crippen molar-refractivity contribution < 1.29 is 0 Å². The van der Waals surface area contributed by atoms with Crippen molar-refractivity contribution in [2.45, 2.75) is 44.9 Å². The highest BCUT2D eigenvalue weighted by atomic mass is 14.9. The maximum atomic E-state index is 5.51. The largest absolute Gasteiger partial charge is 0.346 e. The van der Waals surface area contributed by atoms with Crippen LogP contribution in [0.1, 0.15) is 43.6 Å². The zero-order chi connectivity index (χ0) is 10.5. The smallest absolute Gasteiger partial charge is 0.106 e. The fourth-order valence-electron chi connectivity index (χ4n) is 2.46. The standard InChI is InChI=1S/C12H21N3/c13-7-6-11-9-14-12(15-11)8-10-4-2-1-3-5-10/h9-10H,1-8,13H2,(H,14,15). The Kier molecular flexibility index (Phi) is 3.78. The van der Waals surface area contributed by atoms with Gasteiger partial charge in [-0.25, -0.2) is 4.98 Å². The van der Waals surface area contributed by atoms with Gasteiger partial charge < -0.3 is 10.7 Å². The quantitative estimate of drug-likeness (QED) is 0.793. The van der Waals surface area contributed by atoms with Crippen LogP contribution in [-0.2, 0) is 12.8 Å². The zero-order valence-electron chi connectivity index (χ0n) is 9.34. The predicted molar refractivity (Wildman–Crippen MR) is 61.6 cm³/mol. The predicted octanol–water partition coefficient (Wildman–Crippen LogP) is 2.03. The minimum atomic E-state index is 0.699. The van der Waals surface area contributed by atoms with Crippen LogP contribution in [-0.4, -0.2) is 16.5 Å². The van der Waals surface area contributed by atoms with Crippen LogP contribution in [0.2, 0.25) is 0 Å². The molecule has 1 fully saturated rings. The van der Waals surface area contributed by atoms with Gasteiger partial charge in [0.15, 0.2) is 0 Å². The molecule has 1 aliphatic rings. The normalized spacial score (nSPS) is 18.2. The number of hydrogen-bond acceptors (Lipinski definition) is 2. The first-order valence-corrected chi connectivity index (χ1v) is 6.11. The first-order valence-electron chi connectivity index (χ1n) is 6.11. The highest BCUT2D eigenvalue weighted by molar-refractivity contribution is 5.02. The molecular formula is C12H21N3. The number of aromatic nitrogens is 2. The van der Waals surface area contributed by atoms with E-state index in [2.05, 4.69) is 9.97 Å².